The van der Waals surface area contributed by atoms with Crippen LogP contribution in [-0.4, -0.2) is 61.8 Å². The van der Waals surface area contributed by atoms with E-state index in [4.69, 9.17) is 14.5 Å². The van der Waals surface area contributed by atoms with Crippen LogP contribution in [0.25, 0.3) is 10.2 Å². The number of aryl methyl sites for hydroxylation is 1. The number of hydrogen-bond donors (Lipinski definition) is 0. The molecule has 0 radical (unpaired) electrons. The number of amides is 1. The highest BCUT2D eigenvalue weighted by atomic mass is 79.9. The van der Waals surface area contributed by atoms with Gasteiger partial charge in [-0.25, -0.2) is 4.98 Å². The molecule has 0 aliphatic carbocycles. The first-order chi connectivity index (χ1) is 14.6. The minimum atomic E-state index is -0.0954. The largest absolute Gasteiger partial charge is 0.484 e. The lowest BCUT2D eigenvalue weighted by Crippen LogP contribution is -2.44. The Bertz CT molecular complexity index is 1000. The molecule has 1 amide bonds. The number of hydrogen-bond acceptors (Lipinski definition) is 6. The fourth-order valence-corrected chi connectivity index (χ4v) is 4.81. The van der Waals surface area contributed by atoms with Gasteiger partial charge in [0.1, 0.15) is 5.75 Å². The van der Waals surface area contributed by atoms with Gasteiger partial charge in [-0.1, -0.05) is 45.0 Å². The Morgan fingerprint density at radius 2 is 2.00 bits per heavy atom. The van der Waals surface area contributed by atoms with Crippen molar-refractivity contribution in [3.05, 3.63) is 52.5 Å². The Morgan fingerprint density at radius 3 is 2.77 bits per heavy atom. The molecule has 0 N–H and O–H groups in total. The molecule has 30 heavy (non-hydrogen) atoms. The Balaban J connectivity index is 1.50. The number of aromatic nitrogens is 1. The topological polar surface area (TPSA) is 54.9 Å². The first kappa shape index (κ1) is 21.2. The molecular formula is C22H24BrN3O3S. The Morgan fingerprint density at radius 1 is 1.23 bits per heavy atom. The van der Waals surface area contributed by atoms with E-state index in [0.717, 1.165) is 53.1 Å². The molecular weight excluding hydrogens is 466 g/mol. The summed E-state index contributed by atoms with van der Waals surface area (Å²) in [7, 11) is 0. The van der Waals surface area contributed by atoms with Crippen LogP contribution in [0.2, 0.25) is 0 Å². The van der Waals surface area contributed by atoms with Crippen LogP contribution in [0, 0.1) is 6.92 Å². The van der Waals surface area contributed by atoms with Crippen LogP contribution in [0.1, 0.15) is 5.56 Å². The van der Waals surface area contributed by atoms with Crippen LogP contribution in [0.15, 0.2) is 46.9 Å². The van der Waals surface area contributed by atoms with Crippen LogP contribution in [0.3, 0.4) is 0 Å². The van der Waals surface area contributed by atoms with E-state index in [2.05, 4.69) is 20.8 Å². The molecule has 0 bridgehead atoms. The zero-order valence-electron chi connectivity index (χ0n) is 16.8. The number of morpholine rings is 1. The standard InChI is InChI=1S/C22H24BrN3O3S/c1-16-2-5-18(6-3-16)29-15-21(27)26(9-8-25-10-12-28-13-11-25)22-24-19-7-4-17(23)14-20(19)30-22/h2-7,14H,8-13,15H2,1H3. The molecule has 0 saturated carbocycles. The third-order valence-corrected chi connectivity index (χ3v) is 6.53. The average Bonchev–Trinajstić information content (AvgIpc) is 3.17. The third-order valence-electron chi connectivity index (χ3n) is 5.00. The lowest BCUT2D eigenvalue weighted by Gasteiger charge is -2.29. The molecule has 8 heteroatoms. The average molecular weight is 490 g/mol. The van der Waals surface area contributed by atoms with Gasteiger partial charge < -0.3 is 9.47 Å². The number of carbonyl (C=O) groups is 1. The molecule has 3 aromatic rings. The van der Waals surface area contributed by atoms with E-state index in [1.807, 2.05) is 49.4 Å². The summed E-state index contributed by atoms with van der Waals surface area (Å²) >= 11 is 5.03. The van der Waals surface area contributed by atoms with E-state index in [9.17, 15) is 4.79 Å². The van der Waals surface area contributed by atoms with Crippen molar-refractivity contribution < 1.29 is 14.3 Å². The Kier molecular flexibility index (Phi) is 6.99. The van der Waals surface area contributed by atoms with Crippen LogP contribution in [0.4, 0.5) is 5.13 Å². The molecule has 2 heterocycles. The first-order valence-corrected chi connectivity index (χ1v) is 11.6. The van der Waals surface area contributed by atoms with E-state index >= 15 is 0 Å². The van der Waals surface area contributed by atoms with E-state index in [1.165, 1.54) is 11.3 Å². The van der Waals surface area contributed by atoms with Gasteiger partial charge in [-0.05, 0) is 37.3 Å². The molecule has 1 aromatic heterocycles. The van der Waals surface area contributed by atoms with Crippen molar-refractivity contribution in [2.75, 3.05) is 50.9 Å². The van der Waals surface area contributed by atoms with Crippen molar-refractivity contribution in [2.24, 2.45) is 0 Å². The SMILES string of the molecule is Cc1ccc(OCC(=O)N(CCN2CCOCC2)c2nc3ccc(Br)cc3s2)cc1. The number of rotatable bonds is 7. The molecule has 6 nitrogen and oxygen atoms in total. The second kappa shape index (κ2) is 9.87. The van der Waals surface area contributed by atoms with Gasteiger partial charge in [-0.15, -0.1) is 0 Å². The fraction of sp³-hybridized carbons (Fsp3) is 0.364. The number of fused-ring (bicyclic) bond motifs is 1. The monoisotopic (exact) mass is 489 g/mol. The summed E-state index contributed by atoms with van der Waals surface area (Å²) in [6.45, 7) is 6.58. The van der Waals surface area contributed by atoms with Crippen molar-refractivity contribution in [1.29, 1.82) is 0 Å². The summed E-state index contributed by atoms with van der Waals surface area (Å²) in [5, 5.41) is 0.703. The second-order valence-electron chi connectivity index (χ2n) is 7.21. The second-order valence-corrected chi connectivity index (χ2v) is 9.13. The molecule has 1 aliphatic rings. The van der Waals surface area contributed by atoms with Crippen LogP contribution in [-0.2, 0) is 9.53 Å². The Hall–Kier alpha value is -2.00. The van der Waals surface area contributed by atoms with Gasteiger partial charge in [0.2, 0.25) is 0 Å². The predicted octanol–water partition coefficient (Wildman–Crippen LogP) is 4.11. The third kappa shape index (κ3) is 5.37. The summed E-state index contributed by atoms with van der Waals surface area (Å²) in [4.78, 5) is 21.9. The maximum Gasteiger partial charge on any atom is 0.266 e. The molecule has 0 atom stereocenters. The number of nitrogens with zero attached hydrogens (tertiary/aromatic N) is 3. The van der Waals surface area contributed by atoms with Crippen LogP contribution < -0.4 is 9.64 Å². The molecule has 1 fully saturated rings. The highest BCUT2D eigenvalue weighted by Crippen LogP contribution is 2.31. The minimum Gasteiger partial charge on any atom is -0.484 e. The number of carbonyl (C=O) groups excluding carboxylic acids is 1. The number of anilines is 1. The van der Waals surface area contributed by atoms with Crippen molar-refractivity contribution in [1.82, 2.24) is 9.88 Å². The lowest BCUT2D eigenvalue weighted by molar-refractivity contribution is -0.120. The predicted molar refractivity (Wildman–Crippen MR) is 124 cm³/mol. The van der Waals surface area contributed by atoms with Crippen molar-refractivity contribution >= 4 is 48.5 Å². The molecule has 4 rings (SSSR count). The summed E-state index contributed by atoms with van der Waals surface area (Å²) in [5.74, 6) is 0.595. The van der Waals surface area contributed by atoms with Gasteiger partial charge in [-0.2, -0.15) is 0 Å². The van der Waals surface area contributed by atoms with Gasteiger partial charge in [-0.3, -0.25) is 14.6 Å². The zero-order chi connectivity index (χ0) is 20.9. The summed E-state index contributed by atoms with van der Waals surface area (Å²) in [6, 6.07) is 13.7. The smallest absolute Gasteiger partial charge is 0.266 e. The minimum absolute atomic E-state index is 0.0220. The first-order valence-electron chi connectivity index (χ1n) is 9.94. The zero-order valence-corrected chi connectivity index (χ0v) is 19.2. The van der Waals surface area contributed by atoms with Gasteiger partial charge in [0, 0.05) is 30.7 Å². The molecule has 0 spiro atoms. The molecule has 0 unspecified atom stereocenters. The number of ether oxygens (including phenoxy) is 2. The maximum absolute atomic E-state index is 13.1. The van der Waals surface area contributed by atoms with Crippen molar-refractivity contribution in [3.63, 3.8) is 0 Å². The molecule has 158 valence electrons. The molecule has 2 aromatic carbocycles. The van der Waals surface area contributed by atoms with Crippen molar-refractivity contribution in [2.45, 2.75) is 6.92 Å². The number of halogens is 1. The highest BCUT2D eigenvalue weighted by Gasteiger charge is 2.22. The summed E-state index contributed by atoms with van der Waals surface area (Å²) in [5.41, 5.74) is 2.04. The summed E-state index contributed by atoms with van der Waals surface area (Å²) < 4.78 is 13.2. The lowest BCUT2D eigenvalue weighted by atomic mass is 10.2. The normalized spacial score (nSPS) is 14.7. The van der Waals surface area contributed by atoms with Gasteiger partial charge in [0.05, 0.1) is 23.4 Å². The van der Waals surface area contributed by atoms with E-state index in [1.54, 1.807) is 4.90 Å². The van der Waals surface area contributed by atoms with E-state index in [-0.39, 0.29) is 12.5 Å². The van der Waals surface area contributed by atoms with Gasteiger partial charge in [0.15, 0.2) is 11.7 Å². The van der Waals surface area contributed by atoms with Crippen molar-refractivity contribution in [3.8, 4) is 5.75 Å². The summed E-state index contributed by atoms with van der Waals surface area (Å²) in [6.07, 6.45) is 0. The number of benzene rings is 2. The van der Waals surface area contributed by atoms with Gasteiger partial charge >= 0.3 is 0 Å². The van der Waals surface area contributed by atoms with E-state index in [0.29, 0.717) is 17.4 Å². The maximum atomic E-state index is 13.1. The molecule has 1 aliphatic heterocycles. The fourth-order valence-electron chi connectivity index (χ4n) is 3.25. The Labute approximate surface area is 188 Å². The highest BCUT2D eigenvalue weighted by molar-refractivity contribution is 9.10. The number of thiazole rings is 1. The van der Waals surface area contributed by atoms with Gasteiger partial charge in [0.25, 0.3) is 5.91 Å². The van der Waals surface area contributed by atoms with Crippen LogP contribution in [0.5, 0.6) is 5.75 Å². The van der Waals surface area contributed by atoms with Crippen LogP contribution >= 0.6 is 27.3 Å². The quantitative estimate of drug-likeness (QED) is 0.499. The van der Waals surface area contributed by atoms with E-state index < -0.39 is 0 Å². The molecule has 1 saturated heterocycles.